The number of nitrogens with zero attached hydrogens (tertiary/aromatic N) is 3. The average Bonchev–Trinajstić information content (AvgIpc) is 3.47. The quantitative estimate of drug-likeness (QED) is 0.451. The van der Waals surface area contributed by atoms with Crippen LogP contribution in [-0.4, -0.2) is 49.9 Å². The number of hydrogen-bond donors (Lipinski definition) is 1. The van der Waals surface area contributed by atoms with Crippen LogP contribution in [0.15, 0.2) is 36.4 Å². The second-order valence-electron chi connectivity index (χ2n) is 8.48. The van der Waals surface area contributed by atoms with Gasteiger partial charge in [0.15, 0.2) is 11.5 Å². The lowest BCUT2D eigenvalue weighted by Crippen LogP contribution is -2.24. The maximum absolute atomic E-state index is 12.7. The van der Waals surface area contributed by atoms with Crippen LogP contribution in [0.25, 0.3) is 6.08 Å². The summed E-state index contributed by atoms with van der Waals surface area (Å²) in [6.45, 7) is 4.57. The zero-order valence-electron chi connectivity index (χ0n) is 20.8. The van der Waals surface area contributed by atoms with E-state index in [1.54, 1.807) is 23.1 Å². The normalized spacial score (nSPS) is 15.4. The molecule has 0 aliphatic carbocycles. The highest BCUT2D eigenvalue weighted by atomic mass is 32.1. The number of aryl methyl sites for hydroxylation is 2. The molecule has 10 heteroatoms. The van der Waals surface area contributed by atoms with E-state index in [4.69, 9.17) is 14.2 Å². The molecule has 1 saturated heterocycles. The van der Waals surface area contributed by atoms with Crippen LogP contribution in [0.4, 0.5) is 10.8 Å². The number of amides is 2. The van der Waals surface area contributed by atoms with E-state index in [2.05, 4.69) is 21.6 Å². The molecular formula is C26H28N4O5S. The average molecular weight is 509 g/mol. The van der Waals surface area contributed by atoms with Gasteiger partial charge < -0.3 is 19.1 Å². The summed E-state index contributed by atoms with van der Waals surface area (Å²) >= 11 is 1.28. The van der Waals surface area contributed by atoms with Gasteiger partial charge in [-0.3, -0.25) is 14.9 Å². The number of nitrogens with one attached hydrogen (secondary N) is 1. The zero-order chi connectivity index (χ0) is 25.8. The summed E-state index contributed by atoms with van der Waals surface area (Å²) in [6.07, 6.45) is 3.39. The van der Waals surface area contributed by atoms with E-state index in [-0.39, 0.29) is 17.7 Å². The van der Waals surface area contributed by atoms with E-state index >= 15 is 0 Å². The zero-order valence-corrected chi connectivity index (χ0v) is 21.6. The van der Waals surface area contributed by atoms with Crippen molar-refractivity contribution in [3.05, 3.63) is 58.1 Å². The number of aromatic nitrogens is 2. The standard InChI is InChI=1S/C26H28N4O5S/c1-15-8-16(2)10-19(9-15)30-14-18(13-23(30)32)25-28-29-26(36-25)27-22(31)7-6-17-11-20(33-3)24(35-5)21(12-17)34-4/h6-12,18H,13-14H2,1-5H3,(H,27,29,31)/b7-6+. The van der Waals surface area contributed by atoms with E-state index in [0.29, 0.717) is 40.9 Å². The predicted molar refractivity (Wildman–Crippen MR) is 139 cm³/mol. The number of rotatable bonds is 8. The van der Waals surface area contributed by atoms with Crippen molar-refractivity contribution in [2.24, 2.45) is 0 Å². The Kier molecular flexibility index (Phi) is 7.54. The SMILES string of the molecule is COc1cc(/C=C/C(=O)Nc2nnc(C3CC(=O)N(c4cc(C)cc(C)c4)C3)s2)cc(OC)c1OC. The molecule has 2 amide bonds. The summed E-state index contributed by atoms with van der Waals surface area (Å²) in [5.41, 5.74) is 3.83. The lowest BCUT2D eigenvalue weighted by molar-refractivity contribution is -0.117. The molecule has 1 atom stereocenters. The number of carbonyl (C=O) groups is 2. The van der Waals surface area contributed by atoms with Gasteiger partial charge in [-0.15, -0.1) is 10.2 Å². The number of carbonyl (C=O) groups excluding carboxylic acids is 2. The van der Waals surface area contributed by atoms with E-state index in [1.165, 1.54) is 38.7 Å². The first-order chi connectivity index (χ1) is 17.3. The van der Waals surface area contributed by atoms with E-state index in [1.807, 2.05) is 26.0 Å². The van der Waals surface area contributed by atoms with Crippen molar-refractivity contribution in [1.82, 2.24) is 10.2 Å². The molecule has 1 aromatic heterocycles. The minimum atomic E-state index is -0.356. The van der Waals surface area contributed by atoms with Crippen molar-refractivity contribution in [2.75, 3.05) is 38.1 Å². The Morgan fingerprint density at radius 1 is 1.03 bits per heavy atom. The molecule has 0 radical (unpaired) electrons. The molecule has 2 heterocycles. The van der Waals surface area contributed by atoms with Gasteiger partial charge in [0.1, 0.15) is 5.01 Å². The third kappa shape index (κ3) is 5.49. The Labute approximate surface area is 213 Å². The fourth-order valence-corrected chi connectivity index (χ4v) is 5.03. The maximum Gasteiger partial charge on any atom is 0.250 e. The first-order valence-electron chi connectivity index (χ1n) is 11.3. The van der Waals surface area contributed by atoms with Crippen molar-refractivity contribution in [1.29, 1.82) is 0 Å². The summed E-state index contributed by atoms with van der Waals surface area (Å²) in [7, 11) is 4.59. The highest BCUT2D eigenvalue weighted by molar-refractivity contribution is 7.15. The topological polar surface area (TPSA) is 103 Å². The second kappa shape index (κ2) is 10.8. The molecule has 1 N–H and O–H groups in total. The Balaban J connectivity index is 1.42. The van der Waals surface area contributed by atoms with Crippen LogP contribution in [0.5, 0.6) is 17.2 Å². The summed E-state index contributed by atoms with van der Waals surface area (Å²) in [4.78, 5) is 27.0. The lowest BCUT2D eigenvalue weighted by atomic mass is 10.1. The van der Waals surface area contributed by atoms with Crippen molar-refractivity contribution in [2.45, 2.75) is 26.2 Å². The Bertz CT molecular complexity index is 1270. The van der Waals surface area contributed by atoms with Crippen LogP contribution in [0.3, 0.4) is 0 Å². The van der Waals surface area contributed by atoms with Crippen molar-refractivity contribution >= 4 is 40.0 Å². The van der Waals surface area contributed by atoms with E-state index in [0.717, 1.165) is 21.8 Å². The number of anilines is 2. The van der Waals surface area contributed by atoms with Crippen LogP contribution in [0, 0.1) is 13.8 Å². The number of benzene rings is 2. The minimum Gasteiger partial charge on any atom is -0.493 e. The predicted octanol–water partition coefficient (Wildman–Crippen LogP) is 4.35. The van der Waals surface area contributed by atoms with Gasteiger partial charge in [-0.1, -0.05) is 17.4 Å². The van der Waals surface area contributed by atoms with Gasteiger partial charge in [0.2, 0.25) is 22.7 Å². The molecule has 36 heavy (non-hydrogen) atoms. The highest BCUT2D eigenvalue weighted by Gasteiger charge is 2.34. The van der Waals surface area contributed by atoms with E-state index in [9.17, 15) is 9.59 Å². The molecule has 3 aromatic rings. The van der Waals surface area contributed by atoms with Crippen LogP contribution in [-0.2, 0) is 9.59 Å². The minimum absolute atomic E-state index is 0.0547. The highest BCUT2D eigenvalue weighted by Crippen LogP contribution is 2.38. The van der Waals surface area contributed by atoms with Gasteiger partial charge in [0.25, 0.3) is 0 Å². The third-order valence-corrected chi connectivity index (χ3v) is 6.78. The molecule has 2 aromatic carbocycles. The monoisotopic (exact) mass is 508 g/mol. The summed E-state index contributed by atoms with van der Waals surface area (Å²) in [5, 5.41) is 12.2. The molecule has 9 nitrogen and oxygen atoms in total. The Hall–Kier alpha value is -3.92. The lowest BCUT2D eigenvalue weighted by Gasteiger charge is -2.17. The number of methoxy groups -OCH3 is 3. The summed E-state index contributed by atoms with van der Waals surface area (Å²) in [5.74, 6) is 1.09. The molecule has 1 fully saturated rings. The van der Waals surface area contributed by atoms with Crippen molar-refractivity contribution in [3.8, 4) is 17.2 Å². The smallest absolute Gasteiger partial charge is 0.250 e. The van der Waals surface area contributed by atoms with Crippen LogP contribution in [0.2, 0.25) is 0 Å². The van der Waals surface area contributed by atoms with Gasteiger partial charge in [-0.25, -0.2) is 0 Å². The maximum atomic E-state index is 12.7. The molecule has 0 bridgehead atoms. The van der Waals surface area contributed by atoms with Gasteiger partial charge in [0.05, 0.1) is 21.3 Å². The molecule has 1 aliphatic rings. The largest absolute Gasteiger partial charge is 0.493 e. The molecule has 188 valence electrons. The fraction of sp³-hybridized carbons (Fsp3) is 0.308. The molecule has 1 unspecified atom stereocenters. The summed E-state index contributed by atoms with van der Waals surface area (Å²) in [6, 6.07) is 9.59. The summed E-state index contributed by atoms with van der Waals surface area (Å²) < 4.78 is 16.0. The van der Waals surface area contributed by atoms with Gasteiger partial charge >= 0.3 is 0 Å². The molecule has 4 rings (SSSR count). The number of hydrogen-bond acceptors (Lipinski definition) is 8. The second-order valence-corrected chi connectivity index (χ2v) is 9.49. The first kappa shape index (κ1) is 25.2. The molecule has 0 saturated carbocycles. The van der Waals surface area contributed by atoms with Gasteiger partial charge in [0, 0.05) is 30.6 Å². The number of ether oxygens (including phenoxy) is 3. The first-order valence-corrected chi connectivity index (χ1v) is 12.1. The van der Waals surface area contributed by atoms with Crippen LogP contribution >= 0.6 is 11.3 Å². The Morgan fingerprint density at radius 2 is 1.69 bits per heavy atom. The van der Waals surface area contributed by atoms with Crippen LogP contribution in [0.1, 0.15) is 34.0 Å². The third-order valence-electron chi connectivity index (χ3n) is 5.78. The Morgan fingerprint density at radius 3 is 2.31 bits per heavy atom. The molecular weight excluding hydrogens is 480 g/mol. The molecule has 0 spiro atoms. The van der Waals surface area contributed by atoms with Gasteiger partial charge in [-0.05, 0) is 60.9 Å². The van der Waals surface area contributed by atoms with Crippen molar-refractivity contribution < 1.29 is 23.8 Å². The van der Waals surface area contributed by atoms with Gasteiger partial charge in [-0.2, -0.15) is 0 Å². The fourth-order valence-electron chi connectivity index (χ4n) is 4.20. The van der Waals surface area contributed by atoms with Crippen LogP contribution < -0.4 is 24.4 Å². The van der Waals surface area contributed by atoms with E-state index < -0.39 is 0 Å². The van der Waals surface area contributed by atoms with Crippen molar-refractivity contribution in [3.63, 3.8) is 0 Å². The molecule has 1 aliphatic heterocycles.